The Bertz CT molecular complexity index is 1650. The van der Waals surface area contributed by atoms with Gasteiger partial charge in [0.1, 0.15) is 17.2 Å². The van der Waals surface area contributed by atoms with Crippen LogP contribution in [0.5, 0.6) is 17.2 Å². The molecule has 0 bridgehead atoms. The molecule has 3 N–H and O–H groups in total. The van der Waals surface area contributed by atoms with Crippen LogP contribution in [0.1, 0.15) is 74.1 Å². The van der Waals surface area contributed by atoms with Crippen molar-refractivity contribution in [2.24, 2.45) is 0 Å². The van der Waals surface area contributed by atoms with Crippen LogP contribution in [-0.2, 0) is 0 Å². The maximum absolute atomic E-state index is 13.9. The zero-order valence-electron chi connectivity index (χ0n) is 27.0. The summed E-state index contributed by atoms with van der Waals surface area (Å²) in [6, 6.07) is 14.4. The predicted molar refractivity (Wildman–Crippen MR) is 182 cm³/mol. The third-order valence-electron chi connectivity index (χ3n) is 7.69. The molecule has 1 amide bonds. The van der Waals surface area contributed by atoms with Crippen molar-refractivity contribution in [2.45, 2.75) is 53.4 Å². The van der Waals surface area contributed by atoms with Crippen molar-refractivity contribution < 1.29 is 24.5 Å². The van der Waals surface area contributed by atoms with Gasteiger partial charge in [0.05, 0.1) is 22.5 Å². The molecular formula is C37H43N3O5. The molecule has 3 aromatic carbocycles. The van der Waals surface area contributed by atoms with Gasteiger partial charge in [-0.1, -0.05) is 41.0 Å². The summed E-state index contributed by atoms with van der Waals surface area (Å²) in [5, 5.41) is 24.6. The van der Waals surface area contributed by atoms with Crippen LogP contribution in [0.2, 0.25) is 0 Å². The van der Waals surface area contributed by atoms with E-state index in [-0.39, 0.29) is 46.6 Å². The minimum absolute atomic E-state index is 0.0232. The van der Waals surface area contributed by atoms with Gasteiger partial charge in [0.2, 0.25) is 0 Å². The zero-order chi connectivity index (χ0) is 32.7. The summed E-state index contributed by atoms with van der Waals surface area (Å²) in [7, 11) is 3.81. The molecule has 0 radical (unpaired) electrons. The predicted octanol–water partition coefficient (Wildman–Crippen LogP) is 8.51. The number of phenolic OH excluding ortho intramolecular Hbond substituents is 2. The van der Waals surface area contributed by atoms with E-state index in [0.717, 1.165) is 36.9 Å². The lowest BCUT2D eigenvalue weighted by molar-refractivity contribution is 0.0735. The SMILES string of the molecule is CC(C)=CCCC(C)=CCCC(C)=CCN1C(=O)c2cccc(O)c2Nc2c(OC(=O)c3ccc(N(C)C)cc3)cc(O)cc21. The Morgan fingerprint density at radius 3 is 2.22 bits per heavy atom. The van der Waals surface area contributed by atoms with Gasteiger partial charge in [-0.15, -0.1) is 0 Å². The van der Waals surface area contributed by atoms with Crippen LogP contribution in [0, 0.1) is 0 Å². The molecule has 0 unspecified atom stereocenters. The van der Waals surface area contributed by atoms with Crippen molar-refractivity contribution in [1.82, 2.24) is 0 Å². The number of amides is 1. The molecule has 0 spiro atoms. The number of phenols is 2. The lowest BCUT2D eigenvalue weighted by Crippen LogP contribution is -2.30. The molecule has 236 valence electrons. The second-order valence-electron chi connectivity index (χ2n) is 11.9. The first-order valence-electron chi connectivity index (χ1n) is 15.2. The van der Waals surface area contributed by atoms with Gasteiger partial charge >= 0.3 is 5.97 Å². The Morgan fingerprint density at radius 1 is 0.889 bits per heavy atom. The van der Waals surface area contributed by atoms with E-state index in [4.69, 9.17) is 4.74 Å². The van der Waals surface area contributed by atoms with E-state index in [1.165, 1.54) is 34.2 Å². The van der Waals surface area contributed by atoms with Crippen LogP contribution in [0.25, 0.3) is 0 Å². The molecular weight excluding hydrogens is 566 g/mol. The third-order valence-corrected chi connectivity index (χ3v) is 7.69. The Hall–Kier alpha value is -4.98. The van der Waals surface area contributed by atoms with Crippen LogP contribution >= 0.6 is 0 Å². The molecule has 8 heteroatoms. The van der Waals surface area contributed by atoms with Crippen molar-refractivity contribution in [1.29, 1.82) is 0 Å². The quantitative estimate of drug-likeness (QED) is 0.0658. The number of benzene rings is 3. The van der Waals surface area contributed by atoms with Crippen LogP contribution in [0.15, 0.2) is 89.5 Å². The van der Waals surface area contributed by atoms with Crippen LogP contribution in [0.4, 0.5) is 22.7 Å². The third kappa shape index (κ3) is 8.35. The molecule has 3 aromatic rings. The fourth-order valence-corrected chi connectivity index (χ4v) is 5.06. The lowest BCUT2D eigenvalue weighted by atomic mass is 10.1. The Balaban J connectivity index is 1.63. The fraction of sp³-hybridized carbons (Fsp3) is 0.297. The van der Waals surface area contributed by atoms with Crippen molar-refractivity contribution in [2.75, 3.05) is 35.8 Å². The van der Waals surface area contributed by atoms with Crippen molar-refractivity contribution in [3.8, 4) is 17.2 Å². The van der Waals surface area contributed by atoms with Crippen molar-refractivity contribution in [3.05, 3.63) is 101 Å². The van der Waals surface area contributed by atoms with Gasteiger partial charge in [0, 0.05) is 38.5 Å². The topological polar surface area (TPSA) is 102 Å². The molecule has 8 nitrogen and oxygen atoms in total. The summed E-state index contributed by atoms with van der Waals surface area (Å²) in [6.45, 7) is 8.61. The van der Waals surface area contributed by atoms with Gasteiger partial charge in [-0.05, 0) is 89.8 Å². The molecule has 1 aliphatic rings. The molecule has 1 aliphatic heterocycles. The van der Waals surface area contributed by atoms with E-state index < -0.39 is 5.97 Å². The Labute approximate surface area is 265 Å². The summed E-state index contributed by atoms with van der Waals surface area (Å²) in [5.74, 6) is -1.28. The first-order chi connectivity index (χ1) is 21.4. The summed E-state index contributed by atoms with van der Waals surface area (Å²) in [5.41, 5.74) is 6.08. The molecule has 1 heterocycles. The van der Waals surface area contributed by atoms with Gasteiger partial charge in [-0.3, -0.25) is 4.79 Å². The first kappa shape index (κ1) is 32.9. The monoisotopic (exact) mass is 609 g/mol. The van der Waals surface area contributed by atoms with Gasteiger partial charge in [0.15, 0.2) is 5.75 Å². The highest BCUT2D eigenvalue weighted by atomic mass is 16.5. The fourth-order valence-electron chi connectivity index (χ4n) is 5.06. The number of para-hydroxylation sites is 1. The summed E-state index contributed by atoms with van der Waals surface area (Å²) >= 11 is 0. The number of esters is 1. The normalized spacial score (nSPS) is 12.9. The number of ether oxygens (including phenoxy) is 1. The number of hydrogen-bond donors (Lipinski definition) is 3. The number of hydrogen-bond acceptors (Lipinski definition) is 7. The number of allylic oxidation sites excluding steroid dienone is 5. The van der Waals surface area contributed by atoms with E-state index in [2.05, 4.69) is 38.2 Å². The standard InChI is InChI=1S/C37H43N3O5/c1-24(2)10-7-11-25(3)12-8-13-26(4)20-21-40-31-22-29(41)23-33(45-37(44)27-16-18-28(19-17-27)39(5)6)35(31)38-34-30(36(40)43)14-9-15-32(34)42/h9-10,12,14-20,22-23,38,41-42H,7-8,11,13,21H2,1-6H3. The largest absolute Gasteiger partial charge is 0.508 e. The van der Waals surface area contributed by atoms with Gasteiger partial charge in [-0.2, -0.15) is 0 Å². The molecule has 0 saturated heterocycles. The first-order valence-corrected chi connectivity index (χ1v) is 15.2. The maximum atomic E-state index is 13.9. The highest BCUT2D eigenvalue weighted by Crippen LogP contribution is 2.46. The van der Waals surface area contributed by atoms with Crippen molar-refractivity contribution >= 4 is 34.6 Å². The second-order valence-corrected chi connectivity index (χ2v) is 11.9. The number of nitrogens with one attached hydrogen (secondary N) is 1. The molecule has 0 atom stereocenters. The van der Waals surface area contributed by atoms with E-state index in [0.29, 0.717) is 11.3 Å². The minimum atomic E-state index is -0.630. The van der Waals surface area contributed by atoms with Crippen LogP contribution in [0.3, 0.4) is 0 Å². The number of carbonyl (C=O) groups is 2. The van der Waals surface area contributed by atoms with E-state index in [1.54, 1.807) is 24.3 Å². The molecule has 0 saturated carbocycles. The Morgan fingerprint density at radius 2 is 1.56 bits per heavy atom. The second kappa shape index (κ2) is 14.7. The number of anilines is 4. The average Bonchev–Trinajstić information content (AvgIpc) is 3.10. The van der Waals surface area contributed by atoms with Crippen LogP contribution in [-0.4, -0.2) is 42.7 Å². The highest BCUT2D eigenvalue weighted by molar-refractivity contribution is 6.15. The molecule has 0 aromatic heterocycles. The van der Waals surface area contributed by atoms with E-state index in [1.807, 2.05) is 44.1 Å². The zero-order valence-corrected chi connectivity index (χ0v) is 27.0. The van der Waals surface area contributed by atoms with E-state index >= 15 is 0 Å². The van der Waals surface area contributed by atoms with Gasteiger partial charge in [0.25, 0.3) is 5.91 Å². The number of aromatic hydroxyl groups is 2. The van der Waals surface area contributed by atoms with E-state index in [9.17, 15) is 19.8 Å². The highest BCUT2D eigenvalue weighted by Gasteiger charge is 2.31. The average molecular weight is 610 g/mol. The summed E-state index contributed by atoms with van der Waals surface area (Å²) < 4.78 is 5.80. The molecule has 0 aliphatic carbocycles. The minimum Gasteiger partial charge on any atom is -0.508 e. The number of carbonyl (C=O) groups excluding carboxylic acids is 2. The molecule has 4 rings (SSSR count). The van der Waals surface area contributed by atoms with Crippen molar-refractivity contribution in [3.63, 3.8) is 0 Å². The lowest BCUT2D eigenvalue weighted by Gasteiger charge is -2.23. The smallest absolute Gasteiger partial charge is 0.343 e. The van der Waals surface area contributed by atoms with Crippen LogP contribution < -0.4 is 19.9 Å². The van der Waals surface area contributed by atoms with Gasteiger partial charge < -0.3 is 30.1 Å². The van der Waals surface area contributed by atoms with Gasteiger partial charge in [-0.25, -0.2) is 4.79 Å². The Kier molecular flexibility index (Phi) is 10.7. The summed E-state index contributed by atoms with van der Waals surface area (Å²) in [6.07, 6.45) is 10.3. The molecule has 0 fully saturated rings. The summed E-state index contributed by atoms with van der Waals surface area (Å²) in [4.78, 5) is 30.5. The molecule has 45 heavy (non-hydrogen) atoms. The maximum Gasteiger partial charge on any atom is 0.343 e. The number of nitrogens with zero attached hydrogens (tertiary/aromatic N) is 2. The number of fused-ring (bicyclic) bond motifs is 2. The number of rotatable bonds is 11.